The number of rotatable bonds is 6. The van der Waals surface area contributed by atoms with Gasteiger partial charge in [-0.05, 0) is 59.7 Å². The number of hydrogen-bond acceptors (Lipinski definition) is 2. The molecule has 0 radical (unpaired) electrons. The van der Waals surface area contributed by atoms with Crippen molar-refractivity contribution in [3.8, 4) is 11.1 Å². The maximum atomic E-state index is 12.6. The molecule has 28 heavy (non-hydrogen) atoms. The second-order valence-corrected chi connectivity index (χ2v) is 7.60. The number of nitrogens with zero attached hydrogens (tertiary/aromatic N) is 1. The Kier molecular flexibility index (Phi) is 5.31. The molecule has 0 aliphatic heterocycles. The van der Waals surface area contributed by atoms with E-state index in [4.69, 9.17) is 5.73 Å². The number of carbonyl (C=O) groups is 1. The first-order valence-corrected chi connectivity index (χ1v) is 10.0. The van der Waals surface area contributed by atoms with Crippen molar-refractivity contribution in [2.75, 3.05) is 11.4 Å². The number of H-pyrrole nitrogens is 1. The molecule has 0 bridgehead atoms. The molecule has 0 unspecified atom stereocenters. The van der Waals surface area contributed by atoms with E-state index in [9.17, 15) is 4.79 Å². The average molecular weight is 374 g/mol. The molecule has 0 saturated heterocycles. The lowest BCUT2D eigenvalue weighted by Gasteiger charge is -2.25. The molecule has 4 nitrogen and oxygen atoms in total. The van der Waals surface area contributed by atoms with Gasteiger partial charge in [-0.15, -0.1) is 0 Å². The molecule has 144 valence electrons. The molecule has 4 heteroatoms. The number of nitrogens with two attached hydrogens (primary N) is 1. The quantitative estimate of drug-likeness (QED) is 0.597. The first kappa shape index (κ1) is 18.5. The van der Waals surface area contributed by atoms with Crippen LogP contribution < -0.4 is 10.6 Å². The van der Waals surface area contributed by atoms with Gasteiger partial charge in [0, 0.05) is 30.4 Å². The van der Waals surface area contributed by atoms with E-state index in [0.29, 0.717) is 12.5 Å². The van der Waals surface area contributed by atoms with Gasteiger partial charge in [0.15, 0.2) is 0 Å². The van der Waals surface area contributed by atoms with Crippen LogP contribution in [0.1, 0.15) is 31.2 Å². The van der Waals surface area contributed by atoms with E-state index in [2.05, 4.69) is 41.9 Å². The average Bonchev–Trinajstić information content (AvgIpc) is 3.43. The van der Waals surface area contributed by atoms with Gasteiger partial charge in [0.2, 0.25) is 5.91 Å². The Morgan fingerprint density at radius 3 is 2.79 bits per heavy atom. The smallest absolute Gasteiger partial charge is 0.250 e. The Bertz CT molecular complexity index is 998. The molecule has 1 saturated carbocycles. The Morgan fingerprint density at radius 2 is 2.04 bits per heavy atom. The largest absolute Gasteiger partial charge is 0.361 e. The third kappa shape index (κ3) is 3.48. The second kappa shape index (κ2) is 8.03. The van der Waals surface area contributed by atoms with Crippen LogP contribution in [0.4, 0.5) is 5.69 Å². The van der Waals surface area contributed by atoms with Crippen LogP contribution in [0.3, 0.4) is 0 Å². The number of aromatic nitrogens is 1. The van der Waals surface area contributed by atoms with Gasteiger partial charge in [-0.1, -0.05) is 43.7 Å². The predicted octanol–water partition coefficient (Wildman–Crippen LogP) is 5.00. The van der Waals surface area contributed by atoms with Gasteiger partial charge in [0.1, 0.15) is 0 Å². The SMILES string of the molecule is C=CC(=O)N(CC1CCCC1)c1cccc(-c2ccc(CN)c3[nH]ccc23)c1. The number of nitrogens with one attached hydrogen (secondary N) is 1. The molecule has 3 aromatic rings. The molecule has 1 aromatic heterocycles. The number of anilines is 1. The van der Waals surface area contributed by atoms with Crippen molar-refractivity contribution in [1.29, 1.82) is 0 Å². The summed E-state index contributed by atoms with van der Waals surface area (Å²) < 4.78 is 0. The molecular weight excluding hydrogens is 346 g/mol. The Morgan fingerprint density at radius 1 is 1.21 bits per heavy atom. The summed E-state index contributed by atoms with van der Waals surface area (Å²) in [6, 6.07) is 14.5. The zero-order valence-corrected chi connectivity index (χ0v) is 16.2. The van der Waals surface area contributed by atoms with E-state index >= 15 is 0 Å². The van der Waals surface area contributed by atoms with Crippen LogP contribution in [0.25, 0.3) is 22.0 Å². The lowest BCUT2D eigenvalue weighted by atomic mass is 9.98. The van der Waals surface area contributed by atoms with Crippen molar-refractivity contribution >= 4 is 22.5 Å². The van der Waals surface area contributed by atoms with Crippen LogP contribution >= 0.6 is 0 Å². The first-order valence-electron chi connectivity index (χ1n) is 10.0. The van der Waals surface area contributed by atoms with Gasteiger partial charge in [-0.25, -0.2) is 0 Å². The van der Waals surface area contributed by atoms with Crippen LogP contribution in [0, 0.1) is 5.92 Å². The molecule has 2 aromatic carbocycles. The van der Waals surface area contributed by atoms with Crippen LogP contribution in [0.2, 0.25) is 0 Å². The van der Waals surface area contributed by atoms with Gasteiger partial charge < -0.3 is 15.6 Å². The Balaban J connectivity index is 1.73. The highest BCUT2D eigenvalue weighted by Gasteiger charge is 2.22. The maximum absolute atomic E-state index is 12.6. The number of benzene rings is 2. The van der Waals surface area contributed by atoms with E-state index in [1.54, 1.807) is 0 Å². The van der Waals surface area contributed by atoms with E-state index in [1.165, 1.54) is 31.8 Å². The summed E-state index contributed by atoms with van der Waals surface area (Å²) in [4.78, 5) is 17.8. The van der Waals surface area contributed by atoms with E-state index < -0.39 is 0 Å². The summed E-state index contributed by atoms with van der Waals surface area (Å²) in [5.74, 6) is 0.544. The lowest BCUT2D eigenvalue weighted by molar-refractivity contribution is -0.114. The van der Waals surface area contributed by atoms with Crippen LogP contribution in [-0.4, -0.2) is 17.4 Å². The van der Waals surface area contributed by atoms with Crippen LogP contribution in [0.15, 0.2) is 61.3 Å². The minimum atomic E-state index is -0.0330. The van der Waals surface area contributed by atoms with E-state index in [-0.39, 0.29) is 5.91 Å². The van der Waals surface area contributed by atoms with Gasteiger partial charge >= 0.3 is 0 Å². The van der Waals surface area contributed by atoms with Crippen molar-refractivity contribution in [3.63, 3.8) is 0 Å². The predicted molar refractivity (Wildman–Crippen MR) is 116 cm³/mol. The highest BCUT2D eigenvalue weighted by Crippen LogP contribution is 2.33. The van der Waals surface area contributed by atoms with Crippen molar-refractivity contribution in [2.24, 2.45) is 11.7 Å². The number of fused-ring (bicyclic) bond motifs is 1. The molecule has 1 heterocycles. The molecule has 1 aliphatic rings. The molecule has 1 aliphatic carbocycles. The minimum Gasteiger partial charge on any atom is -0.361 e. The van der Waals surface area contributed by atoms with Crippen LogP contribution in [-0.2, 0) is 11.3 Å². The fraction of sp³-hybridized carbons (Fsp3) is 0.292. The summed E-state index contributed by atoms with van der Waals surface area (Å²) in [6.07, 6.45) is 8.29. The van der Waals surface area contributed by atoms with Crippen molar-refractivity contribution in [2.45, 2.75) is 32.2 Å². The summed E-state index contributed by atoms with van der Waals surface area (Å²) >= 11 is 0. The standard InChI is InChI=1S/C24H27N3O/c1-2-23(28)27(16-17-6-3-4-7-17)20-9-5-8-18(14-20)21-11-10-19(15-25)24-22(21)12-13-26-24/h2,5,8-14,17,26H,1,3-4,6-7,15-16,25H2. The van der Waals surface area contributed by atoms with Crippen molar-refractivity contribution in [3.05, 3.63) is 66.9 Å². The topological polar surface area (TPSA) is 62.1 Å². The highest BCUT2D eigenvalue weighted by atomic mass is 16.2. The van der Waals surface area contributed by atoms with Crippen molar-refractivity contribution < 1.29 is 4.79 Å². The minimum absolute atomic E-state index is 0.0330. The molecule has 0 spiro atoms. The van der Waals surface area contributed by atoms with Crippen LogP contribution in [0.5, 0.6) is 0 Å². The van der Waals surface area contributed by atoms with Gasteiger partial charge in [-0.3, -0.25) is 4.79 Å². The molecule has 4 rings (SSSR count). The zero-order valence-electron chi connectivity index (χ0n) is 16.2. The fourth-order valence-electron chi connectivity index (χ4n) is 4.36. The third-order valence-electron chi connectivity index (χ3n) is 5.85. The number of carbonyl (C=O) groups excluding carboxylic acids is 1. The second-order valence-electron chi connectivity index (χ2n) is 7.60. The zero-order chi connectivity index (χ0) is 19.5. The van der Waals surface area contributed by atoms with Crippen molar-refractivity contribution in [1.82, 2.24) is 4.98 Å². The van der Waals surface area contributed by atoms with E-state index in [0.717, 1.165) is 39.8 Å². The molecule has 0 atom stereocenters. The molecule has 1 fully saturated rings. The number of amides is 1. The monoisotopic (exact) mass is 373 g/mol. The lowest BCUT2D eigenvalue weighted by Crippen LogP contribution is -2.33. The molecular formula is C24H27N3O. The number of hydrogen-bond donors (Lipinski definition) is 2. The summed E-state index contributed by atoms with van der Waals surface area (Å²) in [5, 5.41) is 1.15. The fourth-order valence-corrected chi connectivity index (χ4v) is 4.36. The summed E-state index contributed by atoms with van der Waals surface area (Å²) in [6.45, 7) is 4.97. The summed E-state index contributed by atoms with van der Waals surface area (Å²) in [5.41, 5.74) is 11.2. The summed E-state index contributed by atoms with van der Waals surface area (Å²) in [7, 11) is 0. The van der Waals surface area contributed by atoms with Gasteiger partial charge in [0.05, 0.1) is 5.52 Å². The van der Waals surface area contributed by atoms with Gasteiger partial charge in [-0.2, -0.15) is 0 Å². The number of aromatic amines is 1. The maximum Gasteiger partial charge on any atom is 0.250 e. The van der Waals surface area contributed by atoms with E-state index in [1.807, 2.05) is 23.2 Å². The third-order valence-corrected chi connectivity index (χ3v) is 5.85. The molecule has 3 N–H and O–H groups in total. The first-order chi connectivity index (χ1) is 13.7. The Labute approximate surface area is 166 Å². The Hall–Kier alpha value is -2.85. The normalized spacial score (nSPS) is 14.5. The van der Waals surface area contributed by atoms with Gasteiger partial charge in [0.25, 0.3) is 0 Å². The molecule has 1 amide bonds. The highest BCUT2D eigenvalue weighted by molar-refractivity contribution is 6.02.